The standard InChI is InChI=1S/C7H14F2N2/c1-11(2)6-4-10-3-5(6)7(8)9/h5-7,10H,3-4H2,1-2H3/t5-,6-/m1/s1. The van der Waals surface area contributed by atoms with E-state index in [0.29, 0.717) is 13.1 Å². The first kappa shape index (κ1) is 8.87. The third-order valence-corrected chi connectivity index (χ3v) is 2.21. The summed E-state index contributed by atoms with van der Waals surface area (Å²) in [6, 6.07) is -0.00463. The first-order valence-corrected chi connectivity index (χ1v) is 3.78. The molecule has 2 atom stereocenters. The van der Waals surface area contributed by atoms with Gasteiger partial charge in [-0.3, -0.25) is 0 Å². The summed E-state index contributed by atoms with van der Waals surface area (Å²) in [5.41, 5.74) is 0. The van der Waals surface area contributed by atoms with Gasteiger partial charge in [0, 0.05) is 25.0 Å². The topological polar surface area (TPSA) is 15.3 Å². The van der Waals surface area contributed by atoms with Crippen molar-refractivity contribution < 1.29 is 8.78 Å². The zero-order valence-corrected chi connectivity index (χ0v) is 6.85. The van der Waals surface area contributed by atoms with E-state index in [-0.39, 0.29) is 6.04 Å². The summed E-state index contributed by atoms with van der Waals surface area (Å²) < 4.78 is 24.6. The number of rotatable bonds is 2. The van der Waals surface area contributed by atoms with Crippen LogP contribution in [0.5, 0.6) is 0 Å². The van der Waals surface area contributed by atoms with Gasteiger partial charge in [-0.15, -0.1) is 0 Å². The average Bonchev–Trinajstić information content (AvgIpc) is 2.32. The van der Waals surface area contributed by atoms with E-state index >= 15 is 0 Å². The minimum Gasteiger partial charge on any atom is -0.315 e. The molecule has 66 valence electrons. The highest BCUT2D eigenvalue weighted by molar-refractivity contribution is 4.87. The molecule has 2 nitrogen and oxygen atoms in total. The maximum absolute atomic E-state index is 12.3. The number of alkyl halides is 2. The number of likely N-dealkylation sites (N-methyl/N-ethyl adjacent to an activating group) is 1. The highest BCUT2D eigenvalue weighted by Gasteiger charge is 2.34. The van der Waals surface area contributed by atoms with Crippen molar-refractivity contribution in [2.45, 2.75) is 12.5 Å². The average molecular weight is 164 g/mol. The summed E-state index contributed by atoms with van der Waals surface area (Å²) in [5, 5.41) is 2.96. The molecule has 0 bridgehead atoms. The molecule has 1 N–H and O–H groups in total. The van der Waals surface area contributed by atoms with Gasteiger partial charge in [-0.1, -0.05) is 0 Å². The van der Waals surface area contributed by atoms with Crippen molar-refractivity contribution >= 4 is 0 Å². The molecule has 0 saturated carbocycles. The van der Waals surface area contributed by atoms with Gasteiger partial charge in [0.1, 0.15) is 0 Å². The van der Waals surface area contributed by atoms with E-state index in [1.165, 1.54) is 0 Å². The fourth-order valence-electron chi connectivity index (χ4n) is 1.51. The lowest BCUT2D eigenvalue weighted by atomic mass is 10.0. The SMILES string of the molecule is CN(C)[C@@H]1CNC[C@H]1C(F)F. The Hall–Kier alpha value is -0.220. The van der Waals surface area contributed by atoms with Crippen LogP contribution in [0.2, 0.25) is 0 Å². The third-order valence-electron chi connectivity index (χ3n) is 2.21. The van der Waals surface area contributed by atoms with E-state index in [1.54, 1.807) is 0 Å². The Morgan fingerprint density at radius 2 is 2.00 bits per heavy atom. The summed E-state index contributed by atoms with van der Waals surface area (Å²) in [6.07, 6.45) is -2.20. The molecule has 0 spiro atoms. The highest BCUT2D eigenvalue weighted by atomic mass is 19.3. The van der Waals surface area contributed by atoms with Crippen molar-refractivity contribution in [1.82, 2.24) is 10.2 Å². The van der Waals surface area contributed by atoms with Crippen LogP contribution in [0.3, 0.4) is 0 Å². The molecule has 0 aliphatic carbocycles. The van der Waals surface area contributed by atoms with Gasteiger partial charge in [0.2, 0.25) is 6.43 Å². The molecule has 1 heterocycles. The largest absolute Gasteiger partial charge is 0.315 e. The van der Waals surface area contributed by atoms with Crippen molar-refractivity contribution in [3.05, 3.63) is 0 Å². The van der Waals surface area contributed by atoms with Crippen LogP contribution in [-0.2, 0) is 0 Å². The quantitative estimate of drug-likeness (QED) is 0.635. The van der Waals surface area contributed by atoms with E-state index in [4.69, 9.17) is 0 Å². The normalized spacial score (nSPS) is 32.2. The van der Waals surface area contributed by atoms with Gasteiger partial charge >= 0.3 is 0 Å². The van der Waals surface area contributed by atoms with Crippen LogP contribution in [0, 0.1) is 5.92 Å². The molecule has 1 aliphatic heterocycles. The molecule has 4 heteroatoms. The van der Waals surface area contributed by atoms with E-state index in [1.807, 2.05) is 19.0 Å². The molecule has 1 saturated heterocycles. The van der Waals surface area contributed by atoms with Gasteiger partial charge in [-0.05, 0) is 14.1 Å². The molecule has 1 fully saturated rings. The van der Waals surface area contributed by atoms with Crippen molar-refractivity contribution in [3.8, 4) is 0 Å². The second-order valence-electron chi connectivity index (χ2n) is 3.19. The summed E-state index contributed by atoms with van der Waals surface area (Å²) in [6.45, 7) is 1.13. The molecular weight excluding hydrogens is 150 g/mol. The number of hydrogen-bond acceptors (Lipinski definition) is 2. The van der Waals surface area contributed by atoms with Gasteiger partial charge in [-0.25, -0.2) is 8.78 Å². The second kappa shape index (κ2) is 3.45. The summed E-state index contributed by atoms with van der Waals surface area (Å²) in [5.74, 6) is -0.495. The minimum atomic E-state index is -2.20. The predicted octanol–water partition coefficient (Wildman–Crippen LogP) is 0.401. The molecule has 0 aromatic rings. The summed E-state index contributed by atoms with van der Waals surface area (Å²) in [4.78, 5) is 1.86. The number of nitrogens with zero attached hydrogens (tertiary/aromatic N) is 1. The van der Waals surface area contributed by atoms with Crippen LogP contribution < -0.4 is 5.32 Å². The van der Waals surface area contributed by atoms with Gasteiger partial charge in [-0.2, -0.15) is 0 Å². The number of halogens is 2. The monoisotopic (exact) mass is 164 g/mol. The van der Waals surface area contributed by atoms with E-state index < -0.39 is 12.3 Å². The van der Waals surface area contributed by atoms with Crippen molar-refractivity contribution in [3.63, 3.8) is 0 Å². The Morgan fingerprint density at radius 3 is 2.36 bits per heavy atom. The van der Waals surface area contributed by atoms with Crippen LogP contribution in [0.1, 0.15) is 0 Å². The molecule has 11 heavy (non-hydrogen) atoms. The van der Waals surface area contributed by atoms with E-state index in [9.17, 15) is 8.78 Å². The molecule has 0 radical (unpaired) electrons. The molecular formula is C7H14F2N2. The van der Waals surface area contributed by atoms with Crippen LogP contribution >= 0.6 is 0 Å². The van der Waals surface area contributed by atoms with Crippen molar-refractivity contribution in [2.24, 2.45) is 5.92 Å². The Bertz CT molecular complexity index is 114. The fourth-order valence-corrected chi connectivity index (χ4v) is 1.51. The van der Waals surface area contributed by atoms with E-state index in [2.05, 4.69) is 5.32 Å². The Kier molecular flexibility index (Phi) is 2.78. The highest BCUT2D eigenvalue weighted by Crippen LogP contribution is 2.20. The van der Waals surface area contributed by atoms with Gasteiger partial charge in [0.05, 0.1) is 0 Å². The number of hydrogen-bond donors (Lipinski definition) is 1. The lowest BCUT2D eigenvalue weighted by Crippen LogP contribution is -2.37. The van der Waals surface area contributed by atoms with Crippen LogP contribution in [0.4, 0.5) is 8.78 Å². The summed E-state index contributed by atoms with van der Waals surface area (Å²) in [7, 11) is 3.68. The smallest absolute Gasteiger partial charge is 0.244 e. The molecule has 1 aliphatic rings. The molecule has 0 amide bonds. The van der Waals surface area contributed by atoms with E-state index in [0.717, 1.165) is 0 Å². The minimum absolute atomic E-state index is 0.00463. The van der Waals surface area contributed by atoms with Crippen LogP contribution in [0.15, 0.2) is 0 Å². The maximum Gasteiger partial charge on any atom is 0.244 e. The van der Waals surface area contributed by atoms with Crippen molar-refractivity contribution in [1.29, 1.82) is 0 Å². The zero-order chi connectivity index (χ0) is 8.43. The Labute approximate surface area is 65.6 Å². The summed E-state index contributed by atoms with van der Waals surface area (Å²) >= 11 is 0. The predicted molar refractivity (Wildman–Crippen MR) is 39.8 cm³/mol. The fraction of sp³-hybridized carbons (Fsp3) is 1.00. The van der Waals surface area contributed by atoms with Gasteiger partial charge in [0.25, 0.3) is 0 Å². The Balaban J connectivity index is 2.51. The maximum atomic E-state index is 12.3. The van der Waals surface area contributed by atoms with Gasteiger partial charge in [0.15, 0.2) is 0 Å². The Morgan fingerprint density at radius 1 is 1.36 bits per heavy atom. The van der Waals surface area contributed by atoms with Crippen LogP contribution in [-0.4, -0.2) is 44.6 Å². The first-order chi connectivity index (χ1) is 5.13. The molecule has 0 aromatic carbocycles. The molecule has 1 rings (SSSR count). The molecule has 0 unspecified atom stereocenters. The lowest BCUT2D eigenvalue weighted by Gasteiger charge is -2.24. The number of nitrogens with one attached hydrogen (secondary N) is 1. The van der Waals surface area contributed by atoms with Crippen LogP contribution in [0.25, 0.3) is 0 Å². The zero-order valence-electron chi connectivity index (χ0n) is 6.85. The third kappa shape index (κ3) is 1.87. The lowest BCUT2D eigenvalue weighted by molar-refractivity contribution is 0.0519. The molecule has 0 aromatic heterocycles. The first-order valence-electron chi connectivity index (χ1n) is 3.78. The second-order valence-corrected chi connectivity index (χ2v) is 3.19. The van der Waals surface area contributed by atoms with Gasteiger partial charge < -0.3 is 10.2 Å². The van der Waals surface area contributed by atoms with Crippen molar-refractivity contribution in [2.75, 3.05) is 27.2 Å².